The van der Waals surface area contributed by atoms with Crippen LogP contribution in [0.4, 0.5) is 0 Å². The van der Waals surface area contributed by atoms with Gasteiger partial charge in [0, 0.05) is 18.2 Å². The van der Waals surface area contributed by atoms with Crippen LogP contribution in [0, 0.1) is 0 Å². The van der Waals surface area contributed by atoms with Gasteiger partial charge in [-0.2, -0.15) is 0 Å². The Hall–Kier alpha value is -3.62. The summed E-state index contributed by atoms with van der Waals surface area (Å²) in [5, 5.41) is 5.59. The van der Waals surface area contributed by atoms with Crippen molar-refractivity contribution in [3.63, 3.8) is 0 Å². The van der Waals surface area contributed by atoms with Gasteiger partial charge in [-0.25, -0.2) is 0 Å². The molecule has 0 radical (unpaired) electrons. The first-order chi connectivity index (χ1) is 15.3. The molecule has 2 N–H and O–H groups in total. The van der Waals surface area contributed by atoms with E-state index in [4.69, 9.17) is 23.7 Å². The van der Waals surface area contributed by atoms with Gasteiger partial charge in [-0.05, 0) is 49.7 Å². The summed E-state index contributed by atoms with van der Waals surface area (Å²) in [7, 11) is 6.05. The molecule has 0 fully saturated rings. The summed E-state index contributed by atoms with van der Waals surface area (Å²) >= 11 is 0. The lowest BCUT2D eigenvalue weighted by atomic mass is 10.1. The fourth-order valence-electron chi connectivity index (χ4n) is 2.96. The molecule has 0 heterocycles. The van der Waals surface area contributed by atoms with Gasteiger partial charge in [0.2, 0.25) is 5.75 Å². The molecule has 0 aliphatic carbocycles. The number of nitrogens with one attached hydrogen (secondary N) is 2. The molecule has 2 aromatic carbocycles. The van der Waals surface area contributed by atoms with Crippen molar-refractivity contribution >= 4 is 11.8 Å². The van der Waals surface area contributed by atoms with Crippen molar-refractivity contribution in [2.45, 2.75) is 26.4 Å². The van der Waals surface area contributed by atoms with Crippen LogP contribution in [-0.4, -0.2) is 52.9 Å². The molecule has 0 atom stereocenters. The van der Waals surface area contributed by atoms with Crippen molar-refractivity contribution < 1.29 is 33.3 Å². The summed E-state index contributed by atoms with van der Waals surface area (Å²) in [5.74, 6) is 1.65. The van der Waals surface area contributed by atoms with Gasteiger partial charge in [-0.1, -0.05) is 0 Å². The fraction of sp³-hybridized carbons (Fsp3) is 0.391. The summed E-state index contributed by atoms with van der Waals surface area (Å²) < 4.78 is 26.8. The fourth-order valence-corrected chi connectivity index (χ4v) is 2.96. The zero-order valence-corrected chi connectivity index (χ0v) is 19.2. The maximum Gasteiger partial charge on any atom is 0.258 e. The second-order valence-electron chi connectivity index (χ2n) is 7.09. The molecule has 2 aromatic rings. The number of carbonyl (C=O) groups excluding carboxylic acids is 2. The lowest BCUT2D eigenvalue weighted by molar-refractivity contribution is -0.123. The van der Waals surface area contributed by atoms with Gasteiger partial charge in [0.05, 0.1) is 28.4 Å². The van der Waals surface area contributed by atoms with Gasteiger partial charge in [0.25, 0.3) is 11.8 Å². The second-order valence-corrected chi connectivity index (χ2v) is 7.09. The third-order valence-electron chi connectivity index (χ3n) is 4.41. The van der Waals surface area contributed by atoms with Crippen LogP contribution in [0.1, 0.15) is 29.8 Å². The van der Waals surface area contributed by atoms with Crippen LogP contribution >= 0.6 is 0 Å². The standard InChI is InChI=1S/C23H30N2O7/c1-14(2)25-21(26)13-32-17-8-7-16(11-18(17)28-3)23(27)24-12-15-9-19(29-4)22(31-6)20(10-15)30-5/h7-11,14H,12-13H2,1-6H3,(H,24,27)(H,25,26). The van der Waals surface area contributed by atoms with Crippen molar-refractivity contribution in [2.75, 3.05) is 35.0 Å². The number of hydrogen-bond acceptors (Lipinski definition) is 7. The monoisotopic (exact) mass is 446 g/mol. The van der Waals surface area contributed by atoms with Gasteiger partial charge in [-0.15, -0.1) is 0 Å². The van der Waals surface area contributed by atoms with E-state index in [9.17, 15) is 9.59 Å². The normalized spacial score (nSPS) is 10.3. The smallest absolute Gasteiger partial charge is 0.258 e. The van der Waals surface area contributed by atoms with Crippen molar-refractivity contribution in [2.24, 2.45) is 0 Å². The Morgan fingerprint density at radius 3 is 2.00 bits per heavy atom. The second kappa shape index (κ2) is 11.7. The van der Waals surface area contributed by atoms with Crippen molar-refractivity contribution in [1.82, 2.24) is 10.6 Å². The minimum absolute atomic E-state index is 0.0182. The molecule has 2 rings (SSSR count). The minimum atomic E-state index is -0.304. The summed E-state index contributed by atoms with van der Waals surface area (Å²) in [6, 6.07) is 8.30. The van der Waals surface area contributed by atoms with Gasteiger partial charge in [-0.3, -0.25) is 9.59 Å². The number of hydrogen-bond donors (Lipinski definition) is 2. The zero-order valence-electron chi connectivity index (χ0n) is 19.2. The lowest BCUT2D eigenvalue weighted by Crippen LogP contribution is -2.34. The molecular weight excluding hydrogens is 416 g/mol. The van der Waals surface area contributed by atoms with Gasteiger partial charge in [0.1, 0.15) is 0 Å². The molecule has 2 amide bonds. The molecular formula is C23H30N2O7. The molecule has 0 spiro atoms. The van der Waals surface area contributed by atoms with Gasteiger partial charge < -0.3 is 34.3 Å². The van der Waals surface area contributed by atoms with E-state index in [2.05, 4.69) is 10.6 Å². The zero-order chi connectivity index (χ0) is 23.7. The predicted molar refractivity (Wildman–Crippen MR) is 119 cm³/mol. The number of benzene rings is 2. The van der Waals surface area contributed by atoms with E-state index in [-0.39, 0.29) is 31.0 Å². The van der Waals surface area contributed by atoms with Crippen LogP contribution in [0.25, 0.3) is 0 Å². The van der Waals surface area contributed by atoms with Crippen LogP contribution in [0.2, 0.25) is 0 Å². The predicted octanol–water partition coefficient (Wildman–Crippen LogP) is 2.55. The number of amides is 2. The van der Waals surface area contributed by atoms with E-state index in [1.807, 2.05) is 13.8 Å². The van der Waals surface area contributed by atoms with Crippen molar-refractivity contribution in [3.8, 4) is 28.7 Å². The minimum Gasteiger partial charge on any atom is -0.493 e. The average Bonchev–Trinajstić information content (AvgIpc) is 2.79. The quantitative estimate of drug-likeness (QED) is 0.547. The van der Waals surface area contributed by atoms with Crippen LogP contribution in [-0.2, 0) is 11.3 Å². The first kappa shape index (κ1) is 24.6. The highest BCUT2D eigenvalue weighted by Gasteiger charge is 2.15. The molecule has 0 aromatic heterocycles. The number of ether oxygens (including phenoxy) is 5. The van der Waals surface area contributed by atoms with Crippen LogP contribution < -0.4 is 34.3 Å². The van der Waals surface area contributed by atoms with Gasteiger partial charge in [0.15, 0.2) is 29.6 Å². The highest BCUT2D eigenvalue weighted by atomic mass is 16.5. The first-order valence-corrected chi connectivity index (χ1v) is 10.00. The largest absolute Gasteiger partial charge is 0.493 e. The van der Waals surface area contributed by atoms with Crippen molar-refractivity contribution in [3.05, 3.63) is 41.5 Å². The molecule has 0 saturated carbocycles. The van der Waals surface area contributed by atoms with E-state index in [0.717, 1.165) is 5.56 Å². The Morgan fingerprint density at radius 2 is 1.47 bits per heavy atom. The highest BCUT2D eigenvalue weighted by molar-refractivity contribution is 5.94. The average molecular weight is 447 g/mol. The molecule has 0 unspecified atom stereocenters. The third kappa shape index (κ3) is 6.44. The molecule has 0 aliphatic rings. The van der Waals surface area contributed by atoms with Crippen LogP contribution in [0.3, 0.4) is 0 Å². The van der Waals surface area contributed by atoms with E-state index in [0.29, 0.717) is 34.3 Å². The highest BCUT2D eigenvalue weighted by Crippen LogP contribution is 2.38. The number of carbonyl (C=O) groups is 2. The van der Waals surface area contributed by atoms with Crippen molar-refractivity contribution in [1.29, 1.82) is 0 Å². The molecule has 9 nitrogen and oxygen atoms in total. The van der Waals surface area contributed by atoms with E-state index >= 15 is 0 Å². The number of rotatable bonds is 11. The van der Waals surface area contributed by atoms with Gasteiger partial charge >= 0.3 is 0 Å². The number of methoxy groups -OCH3 is 4. The molecule has 32 heavy (non-hydrogen) atoms. The lowest BCUT2D eigenvalue weighted by Gasteiger charge is -2.15. The van der Waals surface area contributed by atoms with E-state index in [1.165, 1.54) is 28.4 Å². The summed E-state index contributed by atoms with van der Waals surface area (Å²) in [6.45, 7) is 3.82. The molecule has 9 heteroatoms. The Kier molecular flexibility index (Phi) is 9.00. The molecule has 0 bridgehead atoms. The van der Waals surface area contributed by atoms with Crippen LogP contribution in [0.5, 0.6) is 28.7 Å². The topological polar surface area (TPSA) is 104 Å². The molecule has 0 saturated heterocycles. The Bertz CT molecular complexity index is 919. The maximum absolute atomic E-state index is 12.7. The summed E-state index contributed by atoms with van der Waals surface area (Å²) in [4.78, 5) is 24.4. The molecule has 174 valence electrons. The Labute approximate surface area is 187 Å². The van der Waals surface area contributed by atoms with E-state index < -0.39 is 0 Å². The van der Waals surface area contributed by atoms with E-state index in [1.54, 1.807) is 30.3 Å². The maximum atomic E-state index is 12.7. The SMILES string of the molecule is COc1cc(C(=O)NCc2cc(OC)c(OC)c(OC)c2)ccc1OCC(=O)NC(C)C. The summed E-state index contributed by atoms with van der Waals surface area (Å²) in [6.07, 6.45) is 0. The molecule has 0 aliphatic heterocycles. The third-order valence-corrected chi connectivity index (χ3v) is 4.41. The Balaban J connectivity index is 2.08. The van der Waals surface area contributed by atoms with Crippen LogP contribution in [0.15, 0.2) is 30.3 Å². The Morgan fingerprint density at radius 1 is 0.844 bits per heavy atom. The first-order valence-electron chi connectivity index (χ1n) is 10.00. The summed E-state index contributed by atoms with van der Waals surface area (Å²) in [5.41, 5.74) is 1.16.